The topological polar surface area (TPSA) is 42.0 Å². The minimum atomic E-state index is -0.0149. The minimum absolute atomic E-state index is 0.0149. The number of benzene rings is 1. The molecule has 0 aliphatic heterocycles. The molecule has 1 heterocycles. The Bertz CT molecular complexity index is 590. The number of hydrogen-bond acceptors (Lipinski definition) is 3. The van der Waals surface area contributed by atoms with E-state index < -0.39 is 0 Å². The van der Waals surface area contributed by atoms with Crippen molar-refractivity contribution in [2.24, 2.45) is 0 Å². The summed E-state index contributed by atoms with van der Waals surface area (Å²) in [7, 11) is 0. The second-order valence-corrected chi connectivity index (χ2v) is 6.00. The molecule has 0 atom stereocenters. The maximum Gasteiger partial charge on any atom is 0.230 e. The van der Waals surface area contributed by atoms with Crippen LogP contribution in [0.5, 0.6) is 0 Å². The van der Waals surface area contributed by atoms with Crippen molar-refractivity contribution in [3.05, 3.63) is 45.9 Å². The molecule has 0 spiro atoms. The van der Waals surface area contributed by atoms with E-state index in [0.717, 1.165) is 22.8 Å². The fourth-order valence-electron chi connectivity index (χ4n) is 1.91. The monoisotopic (exact) mass is 288 g/mol. The molecule has 4 heteroatoms. The number of amides is 1. The highest BCUT2D eigenvalue weighted by Crippen LogP contribution is 2.19. The van der Waals surface area contributed by atoms with Gasteiger partial charge in [0.25, 0.3) is 0 Å². The minimum Gasteiger partial charge on any atom is -0.326 e. The van der Waals surface area contributed by atoms with Crippen molar-refractivity contribution < 1.29 is 4.79 Å². The van der Waals surface area contributed by atoms with E-state index >= 15 is 0 Å². The molecule has 2 aromatic rings. The Labute approximate surface area is 124 Å². The SMILES string of the molecule is CCc1cccc(NC(=O)Cc2csc(C(C)C)n2)c1. The van der Waals surface area contributed by atoms with Gasteiger partial charge >= 0.3 is 0 Å². The molecule has 106 valence electrons. The number of carbonyl (C=O) groups excluding carboxylic acids is 1. The van der Waals surface area contributed by atoms with Crippen molar-refractivity contribution in [1.82, 2.24) is 4.98 Å². The van der Waals surface area contributed by atoms with Gasteiger partial charge in [0.2, 0.25) is 5.91 Å². The second kappa shape index (κ2) is 6.66. The molecular weight excluding hydrogens is 268 g/mol. The molecule has 0 saturated heterocycles. The Morgan fingerprint density at radius 3 is 2.85 bits per heavy atom. The molecule has 2 rings (SSSR count). The van der Waals surface area contributed by atoms with Crippen molar-refractivity contribution in [2.45, 2.75) is 39.5 Å². The van der Waals surface area contributed by atoms with E-state index in [-0.39, 0.29) is 5.91 Å². The van der Waals surface area contributed by atoms with Gasteiger partial charge in [0.1, 0.15) is 0 Å². The van der Waals surface area contributed by atoms with Gasteiger partial charge in [0.05, 0.1) is 17.1 Å². The molecule has 0 saturated carbocycles. The summed E-state index contributed by atoms with van der Waals surface area (Å²) >= 11 is 1.62. The highest BCUT2D eigenvalue weighted by molar-refractivity contribution is 7.09. The number of rotatable bonds is 5. The number of nitrogens with one attached hydrogen (secondary N) is 1. The average molecular weight is 288 g/mol. The summed E-state index contributed by atoms with van der Waals surface area (Å²) in [6, 6.07) is 7.95. The lowest BCUT2D eigenvalue weighted by Gasteiger charge is -2.05. The number of thiazole rings is 1. The molecule has 0 radical (unpaired) electrons. The van der Waals surface area contributed by atoms with E-state index in [1.54, 1.807) is 11.3 Å². The quantitative estimate of drug-likeness (QED) is 0.903. The summed E-state index contributed by atoms with van der Waals surface area (Å²) < 4.78 is 0. The number of nitrogens with zero attached hydrogens (tertiary/aromatic N) is 1. The van der Waals surface area contributed by atoms with Crippen molar-refractivity contribution in [3.63, 3.8) is 0 Å². The van der Waals surface area contributed by atoms with E-state index in [1.807, 2.05) is 23.6 Å². The smallest absolute Gasteiger partial charge is 0.230 e. The standard InChI is InChI=1S/C16H20N2OS/c1-4-12-6-5-7-13(8-12)17-15(19)9-14-10-20-16(18-14)11(2)3/h5-8,10-11H,4,9H2,1-3H3,(H,17,19). The Hall–Kier alpha value is -1.68. The molecule has 0 fully saturated rings. The number of carbonyl (C=O) groups is 1. The molecule has 0 unspecified atom stereocenters. The van der Waals surface area contributed by atoms with Crippen LogP contribution in [-0.4, -0.2) is 10.9 Å². The van der Waals surface area contributed by atoms with E-state index in [2.05, 4.69) is 37.1 Å². The number of anilines is 1. The summed E-state index contributed by atoms with van der Waals surface area (Å²) in [4.78, 5) is 16.5. The Morgan fingerprint density at radius 2 is 2.20 bits per heavy atom. The fourth-order valence-corrected chi connectivity index (χ4v) is 2.74. The lowest BCUT2D eigenvalue weighted by Crippen LogP contribution is -2.14. The molecule has 1 amide bonds. The Balaban J connectivity index is 1.97. The van der Waals surface area contributed by atoms with Gasteiger partial charge in [-0.05, 0) is 24.1 Å². The first-order chi connectivity index (χ1) is 9.58. The summed E-state index contributed by atoms with van der Waals surface area (Å²) in [6.07, 6.45) is 1.30. The van der Waals surface area contributed by atoms with Gasteiger partial charge in [0, 0.05) is 17.0 Å². The van der Waals surface area contributed by atoms with Crippen molar-refractivity contribution in [2.75, 3.05) is 5.32 Å². The lowest BCUT2D eigenvalue weighted by atomic mass is 10.1. The molecule has 1 N–H and O–H groups in total. The van der Waals surface area contributed by atoms with E-state index in [0.29, 0.717) is 12.3 Å². The van der Waals surface area contributed by atoms with Gasteiger partial charge in [-0.3, -0.25) is 4.79 Å². The van der Waals surface area contributed by atoms with E-state index in [1.165, 1.54) is 5.56 Å². The average Bonchev–Trinajstić information content (AvgIpc) is 2.87. The van der Waals surface area contributed by atoms with Gasteiger partial charge in [-0.15, -0.1) is 11.3 Å². The van der Waals surface area contributed by atoms with Crippen LogP contribution >= 0.6 is 11.3 Å². The van der Waals surface area contributed by atoms with Crippen LogP contribution in [-0.2, 0) is 17.6 Å². The van der Waals surface area contributed by atoms with Crippen molar-refractivity contribution in [3.8, 4) is 0 Å². The maximum atomic E-state index is 12.0. The first-order valence-corrected chi connectivity index (χ1v) is 7.79. The summed E-state index contributed by atoms with van der Waals surface area (Å²) in [5.41, 5.74) is 2.93. The first-order valence-electron chi connectivity index (χ1n) is 6.91. The third-order valence-electron chi connectivity index (χ3n) is 3.02. The van der Waals surface area contributed by atoms with Crippen LogP contribution in [0, 0.1) is 0 Å². The molecule has 0 aliphatic carbocycles. The second-order valence-electron chi connectivity index (χ2n) is 5.11. The van der Waals surface area contributed by atoms with Crippen LogP contribution in [0.4, 0.5) is 5.69 Å². The molecule has 1 aromatic carbocycles. The highest BCUT2D eigenvalue weighted by atomic mass is 32.1. The van der Waals surface area contributed by atoms with Gasteiger partial charge in [-0.1, -0.05) is 32.9 Å². The fraction of sp³-hybridized carbons (Fsp3) is 0.375. The lowest BCUT2D eigenvalue weighted by molar-refractivity contribution is -0.115. The van der Waals surface area contributed by atoms with Gasteiger partial charge < -0.3 is 5.32 Å². The van der Waals surface area contributed by atoms with Crippen LogP contribution in [0.15, 0.2) is 29.6 Å². The molecule has 3 nitrogen and oxygen atoms in total. The zero-order chi connectivity index (χ0) is 14.5. The van der Waals surface area contributed by atoms with E-state index in [9.17, 15) is 4.79 Å². The third-order valence-corrected chi connectivity index (χ3v) is 4.22. The van der Waals surface area contributed by atoms with Crippen LogP contribution < -0.4 is 5.32 Å². The van der Waals surface area contributed by atoms with Crippen LogP contribution in [0.1, 0.15) is 43.0 Å². The number of aromatic nitrogens is 1. The summed E-state index contributed by atoms with van der Waals surface area (Å²) in [6.45, 7) is 6.32. The highest BCUT2D eigenvalue weighted by Gasteiger charge is 2.10. The van der Waals surface area contributed by atoms with Crippen LogP contribution in [0.25, 0.3) is 0 Å². The predicted molar refractivity (Wildman–Crippen MR) is 84.4 cm³/mol. The summed E-state index contributed by atoms with van der Waals surface area (Å²) in [5, 5.41) is 5.98. The van der Waals surface area contributed by atoms with Gasteiger partial charge in [-0.2, -0.15) is 0 Å². The normalized spacial score (nSPS) is 10.8. The molecule has 20 heavy (non-hydrogen) atoms. The Morgan fingerprint density at radius 1 is 1.40 bits per heavy atom. The van der Waals surface area contributed by atoms with Crippen molar-refractivity contribution >= 4 is 22.9 Å². The summed E-state index contributed by atoms with van der Waals surface area (Å²) in [5.74, 6) is 0.400. The Kier molecular flexibility index (Phi) is 4.90. The maximum absolute atomic E-state index is 12.0. The predicted octanol–water partition coefficient (Wildman–Crippen LogP) is 4.01. The molecular formula is C16H20N2OS. The van der Waals surface area contributed by atoms with Crippen LogP contribution in [0.2, 0.25) is 0 Å². The largest absolute Gasteiger partial charge is 0.326 e. The first kappa shape index (κ1) is 14.7. The molecule has 0 bridgehead atoms. The van der Waals surface area contributed by atoms with E-state index in [4.69, 9.17) is 0 Å². The third kappa shape index (κ3) is 3.90. The zero-order valence-electron chi connectivity index (χ0n) is 12.1. The number of aryl methyl sites for hydroxylation is 1. The zero-order valence-corrected chi connectivity index (χ0v) is 13.0. The van der Waals surface area contributed by atoms with Crippen molar-refractivity contribution in [1.29, 1.82) is 0 Å². The molecule has 1 aromatic heterocycles. The van der Waals surface area contributed by atoms with Gasteiger partial charge in [-0.25, -0.2) is 4.98 Å². The molecule has 0 aliphatic rings. The number of hydrogen-bond donors (Lipinski definition) is 1. The van der Waals surface area contributed by atoms with Crippen LogP contribution in [0.3, 0.4) is 0 Å². The van der Waals surface area contributed by atoms with Gasteiger partial charge in [0.15, 0.2) is 0 Å².